The number of benzene rings is 1. The molecule has 2 nitrogen and oxygen atoms in total. The number of ketones is 2. The Bertz CT molecular complexity index is 566. The first kappa shape index (κ1) is 29.7. The van der Waals surface area contributed by atoms with Crippen molar-refractivity contribution in [2.45, 2.75) is 82.1 Å². The van der Waals surface area contributed by atoms with Gasteiger partial charge >= 0.3 is 0 Å². The molecule has 1 aromatic rings. The molecule has 0 spiro atoms. The van der Waals surface area contributed by atoms with E-state index in [1.165, 1.54) is 13.3 Å². The Kier molecular flexibility index (Phi) is 12.4. The van der Waals surface area contributed by atoms with Crippen molar-refractivity contribution in [3.05, 3.63) is 42.8 Å². The molecule has 0 atom stereocenters. The van der Waals surface area contributed by atoms with E-state index in [4.69, 9.17) is 0 Å². The molecule has 0 fully saturated rings. The minimum absolute atomic E-state index is 0. The summed E-state index contributed by atoms with van der Waals surface area (Å²) in [6, 6.07) is 12.5. The number of carbonyl (C=O) groups excluding carboxylic acids is 2. The topological polar surface area (TPSA) is 34.1 Å². The summed E-state index contributed by atoms with van der Waals surface area (Å²) in [7, 11) is 0. The van der Waals surface area contributed by atoms with E-state index in [1.54, 1.807) is 0 Å². The summed E-state index contributed by atoms with van der Waals surface area (Å²) in [5, 5.41) is 0. The second-order valence-electron chi connectivity index (χ2n) is 10.2. The van der Waals surface area contributed by atoms with E-state index in [0.29, 0.717) is 6.42 Å². The first-order chi connectivity index (χ1) is 12.1. The second-order valence-corrected chi connectivity index (χ2v) is 10.2. The first-order valence-electron chi connectivity index (χ1n) is 9.85. The van der Waals surface area contributed by atoms with Crippen LogP contribution in [0.4, 0.5) is 0 Å². The maximum absolute atomic E-state index is 11.8. The van der Waals surface area contributed by atoms with Gasteiger partial charge in [-0.3, -0.25) is 6.42 Å². The van der Waals surface area contributed by atoms with E-state index >= 15 is 0 Å². The second kappa shape index (κ2) is 11.7. The van der Waals surface area contributed by atoms with E-state index in [0.717, 1.165) is 6.42 Å². The van der Waals surface area contributed by atoms with E-state index in [2.05, 4.69) is 68.4 Å². The van der Waals surface area contributed by atoms with Gasteiger partial charge < -0.3 is 9.59 Å². The molecule has 0 amide bonds. The van der Waals surface area contributed by atoms with Crippen LogP contribution < -0.4 is 0 Å². The van der Waals surface area contributed by atoms with Gasteiger partial charge in [-0.05, 0) is 41.4 Å². The normalized spacial score (nSPS) is 12.2. The van der Waals surface area contributed by atoms with Gasteiger partial charge in [0, 0.05) is 44.3 Å². The van der Waals surface area contributed by atoms with Gasteiger partial charge in [-0.1, -0.05) is 62.3 Å². The Hall–Kier alpha value is -0.466. The minimum Gasteiger partial charge on any atom is -0.334 e. The maximum Gasteiger partial charge on any atom is 0.00532 e. The van der Waals surface area contributed by atoms with Crippen LogP contribution in [0, 0.1) is 34.1 Å². The van der Waals surface area contributed by atoms with Crippen LogP contribution in [0.5, 0.6) is 0 Å². The molecule has 0 saturated heterocycles. The summed E-state index contributed by atoms with van der Waals surface area (Å²) in [6.45, 7) is 22.0. The molecule has 1 aromatic carbocycles. The molecule has 0 bridgehead atoms. The molecule has 1 radical (unpaired) electrons. The third-order valence-corrected chi connectivity index (χ3v) is 7.10. The van der Waals surface area contributed by atoms with E-state index in [1.807, 2.05) is 30.3 Å². The van der Waals surface area contributed by atoms with Gasteiger partial charge in [0.05, 0.1) is 0 Å². The maximum atomic E-state index is 11.8. The molecule has 0 aliphatic heterocycles. The monoisotopic (exact) mass is 461 g/mol. The number of rotatable bonds is 7. The molecular weight excluding hydrogens is 421 g/mol. The van der Waals surface area contributed by atoms with Crippen molar-refractivity contribution in [1.29, 1.82) is 0 Å². The molecule has 0 aliphatic rings. The fourth-order valence-corrected chi connectivity index (χ4v) is 3.17. The fraction of sp³-hybridized carbons (Fsp3) is 0.640. The molecule has 3 heteroatoms. The summed E-state index contributed by atoms with van der Waals surface area (Å²) < 4.78 is 0. The van der Waals surface area contributed by atoms with Gasteiger partial charge in [0.1, 0.15) is 0 Å². The van der Waals surface area contributed by atoms with Crippen LogP contribution in [0.25, 0.3) is 0 Å². The zero-order chi connectivity index (χ0) is 21.5. The molecule has 1 rings (SSSR count). The summed E-state index contributed by atoms with van der Waals surface area (Å²) in [5.74, 6) is -0.216. The van der Waals surface area contributed by atoms with Crippen molar-refractivity contribution < 1.29 is 42.3 Å². The van der Waals surface area contributed by atoms with Crippen LogP contribution >= 0.6 is 0 Å². The van der Waals surface area contributed by atoms with Crippen molar-refractivity contribution >= 4 is 11.6 Å². The van der Waals surface area contributed by atoms with Gasteiger partial charge in [0.2, 0.25) is 0 Å². The third-order valence-electron chi connectivity index (χ3n) is 7.10. The zero-order valence-corrected chi connectivity index (χ0v) is 22.6. The van der Waals surface area contributed by atoms with Crippen LogP contribution in [0.15, 0.2) is 30.3 Å². The Morgan fingerprint density at radius 1 is 0.821 bits per heavy atom. The molecule has 0 unspecified atom stereocenters. The van der Waals surface area contributed by atoms with Crippen LogP contribution in [-0.2, 0) is 42.3 Å². The summed E-state index contributed by atoms with van der Waals surface area (Å²) in [5.41, 5.74) is 0.332. The molecule has 0 aliphatic carbocycles. The molecular formula is C25H40O2Y-2. The average Bonchev–Trinajstić information content (AvgIpc) is 2.53. The molecule has 28 heavy (non-hydrogen) atoms. The van der Waals surface area contributed by atoms with Gasteiger partial charge in [-0.2, -0.15) is 36.4 Å². The number of hydrogen-bond acceptors (Lipinski definition) is 2. The zero-order valence-electron chi connectivity index (χ0n) is 19.8. The Morgan fingerprint density at radius 2 is 1.29 bits per heavy atom. The van der Waals surface area contributed by atoms with Crippen LogP contribution in [0.2, 0.25) is 0 Å². The standard InChI is InChI=1S/C19H35O2.C6H5.Y/c1-14(20)13-15(21)11-12-17(5,6)19(9,10)18(7,8)16(2,3)4;1-2-4-6-5-3-1;/h13H,11-12H2,1-10H3;1-5H;/q2*-1;. The summed E-state index contributed by atoms with van der Waals surface area (Å²) in [4.78, 5) is 22.8. The molecule has 157 valence electrons. The summed E-state index contributed by atoms with van der Waals surface area (Å²) in [6.07, 6.45) is 2.45. The SMILES string of the molecule is CC(=O)[CH-]C(=O)CCC(C)(C)C(C)(C)C(C)(C)C(C)(C)C.[Y].[c-]1ccccc1. The number of Topliss-reactive ketones (excluding diaryl/α,β-unsaturated/α-hetero) is 2. The van der Waals surface area contributed by atoms with Crippen molar-refractivity contribution in [2.24, 2.45) is 21.7 Å². The van der Waals surface area contributed by atoms with Gasteiger partial charge in [-0.25, -0.2) is 0 Å². The molecule has 0 saturated carbocycles. The predicted octanol–water partition coefficient (Wildman–Crippen LogP) is 6.74. The van der Waals surface area contributed by atoms with E-state index in [9.17, 15) is 9.59 Å². The summed E-state index contributed by atoms with van der Waals surface area (Å²) >= 11 is 0. The average molecular weight is 461 g/mol. The Balaban J connectivity index is 0. The molecule has 0 aromatic heterocycles. The van der Waals surface area contributed by atoms with Crippen molar-refractivity contribution in [2.75, 3.05) is 0 Å². The van der Waals surface area contributed by atoms with Crippen molar-refractivity contribution in [3.63, 3.8) is 0 Å². The van der Waals surface area contributed by atoms with E-state index in [-0.39, 0.29) is 65.9 Å². The van der Waals surface area contributed by atoms with Gasteiger partial charge in [-0.15, -0.1) is 0 Å². The minimum atomic E-state index is -0.160. The number of hydrogen-bond donors (Lipinski definition) is 0. The van der Waals surface area contributed by atoms with Crippen molar-refractivity contribution in [1.82, 2.24) is 0 Å². The van der Waals surface area contributed by atoms with Crippen LogP contribution in [-0.4, -0.2) is 11.6 Å². The largest absolute Gasteiger partial charge is 0.334 e. The van der Waals surface area contributed by atoms with Crippen LogP contribution in [0.1, 0.15) is 82.1 Å². The third kappa shape index (κ3) is 8.50. The predicted molar refractivity (Wildman–Crippen MR) is 115 cm³/mol. The van der Waals surface area contributed by atoms with E-state index < -0.39 is 0 Å². The van der Waals surface area contributed by atoms with Gasteiger partial charge in [0.15, 0.2) is 0 Å². The van der Waals surface area contributed by atoms with Crippen LogP contribution in [0.3, 0.4) is 0 Å². The fourth-order valence-electron chi connectivity index (χ4n) is 3.17. The Morgan fingerprint density at radius 3 is 1.57 bits per heavy atom. The molecule has 0 N–H and O–H groups in total. The van der Waals surface area contributed by atoms with Gasteiger partial charge in [0.25, 0.3) is 0 Å². The number of carbonyl (C=O) groups is 2. The quantitative estimate of drug-likeness (QED) is 0.333. The van der Waals surface area contributed by atoms with Crippen molar-refractivity contribution in [3.8, 4) is 0 Å². The first-order valence-corrected chi connectivity index (χ1v) is 9.85. The Labute approximate surface area is 199 Å². The molecule has 0 heterocycles. The smallest absolute Gasteiger partial charge is 0.00532 e.